The van der Waals surface area contributed by atoms with Crippen molar-refractivity contribution in [1.29, 1.82) is 0 Å². The van der Waals surface area contributed by atoms with Crippen molar-refractivity contribution >= 4 is 19.8 Å². The topological polar surface area (TPSA) is 134 Å². The highest BCUT2D eigenvalue weighted by molar-refractivity contribution is 7.47. The van der Waals surface area contributed by atoms with Gasteiger partial charge >= 0.3 is 19.8 Å². The van der Waals surface area contributed by atoms with Crippen molar-refractivity contribution in [3.05, 3.63) is 12.2 Å². The smallest absolute Gasteiger partial charge is 0.462 e. The lowest BCUT2D eigenvalue weighted by Crippen LogP contribution is -2.29. The van der Waals surface area contributed by atoms with E-state index in [1.165, 1.54) is 148 Å². The zero-order valence-electron chi connectivity index (χ0n) is 35.9. The van der Waals surface area contributed by atoms with Gasteiger partial charge in [0, 0.05) is 19.4 Å². The van der Waals surface area contributed by atoms with Crippen molar-refractivity contribution in [2.75, 3.05) is 26.4 Å². The lowest BCUT2D eigenvalue weighted by molar-refractivity contribution is -0.161. The molecule has 1 unspecified atom stereocenters. The number of carbonyl (C=O) groups is 2. The second-order valence-electron chi connectivity index (χ2n) is 15.6. The molecule has 10 heteroatoms. The number of hydrogen-bond donors (Lipinski definition) is 2. The second kappa shape index (κ2) is 42.4. The number of rotatable bonds is 44. The summed E-state index contributed by atoms with van der Waals surface area (Å²) in [6, 6.07) is 0. The predicted octanol–water partition coefficient (Wildman–Crippen LogP) is 13.4. The average molecular weight is 802 g/mol. The number of phosphoric acid groups is 1. The molecule has 0 rings (SSSR count). The fourth-order valence-electron chi connectivity index (χ4n) is 6.69. The summed E-state index contributed by atoms with van der Waals surface area (Å²) in [5, 5.41) is 0. The first kappa shape index (κ1) is 53.8. The molecule has 0 bridgehead atoms. The Kier molecular flexibility index (Phi) is 41.4. The van der Waals surface area contributed by atoms with Gasteiger partial charge in [0.1, 0.15) is 6.61 Å². The number of unbranched alkanes of at least 4 members (excludes halogenated alkanes) is 29. The van der Waals surface area contributed by atoms with E-state index in [-0.39, 0.29) is 38.6 Å². The molecule has 326 valence electrons. The van der Waals surface area contributed by atoms with Gasteiger partial charge in [-0.15, -0.1) is 0 Å². The van der Waals surface area contributed by atoms with Gasteiger partial charge in [0.2, 0.25) is 0 Å². The Morgan fingerprint density at radius 2 is 0.891 bits per heavy atom. The highest BCUT2D eigenvalue weighted by Gasteiger charge is 2.26. The van der Waals surface area contributed by atoms with Crippen LogP contribution in [0, 0.1) is 0 Å². The van der Waals surface area contributed by atoms with Gasteiger partial charge in [-0.1, -0.05) is 193 Å². The van der Waals surface area contributed by atoms with Crippen LogP contribution in [0.3, 0.4) is 0 Å². The lowest BCUT2D eigenvalue weighted by atomic mass is 10.0. The zero-order valence-corrected chi connectivity index (χ0v) is 36.8. The Hall–Kier alpha value is -1.25. The first-order valence-electron chi connectivity index (χ1n) is 23.2. The maximum absolute atomic E-state index is 12.6. The van der Waals surface area contributed by atoms with Crippen LogP contribution in [-0.4, -0.2) is 49.3 Å². The predicted molar refractivity (Wildman–Crippen MR) is 229 cm³/mol. The summed E-state index contributed by atoms with van der Waals surface area (Å²) in [7, 11) is -4.37. The van der Waals surface area contributed by atoms with Gasteiger partial charge in [0.25, 0.3) is 0 Å². The molecule has 0 amide bonds. The third kappa shape index (κ3) is 42.2. The van der Waals surface area contributed by atoms with Crippen molar-refractivity contribution in [3.8, 4) is 0 Å². The molecule has 0 spiro atoms. The highest BCUT2D eigenvalue weighted by Crippen LogP contribution is 2.43. The van der Waals surface area contributed by atoms with Crippen LogP contribution in [0.1, 0.15) is 232 Å². The van der Waals surface area contributed by atoms with E-state index in [1.807, 2.05) is 0 Å². The molecule has 2 atom stereocenters. The molecule has 0 aliphatic carbocycles. The Labute approximate surface area is 339 Å². The van der Waals surface area contributed by atoms with Crippen molar-refractivity contribution < 1.29 is 37.6 Å². The van der Waals surface area contributed by atoms with E-state index in [0.717, 1.165) is 51.4 Å². The van der Waals surface area contributed by atoms with E-state index >= 15 is 0 Å². The van der Waals surface area contributed by atoms with E-state index in [0.29, 0.717) is 6.42 Å². The van der Waals surface area contributed by atoms with Crippen LogP contribution >= 0.6 is 7.82 Å². The molecule has 9 nitrogen and oxygen atoms in total. The van der Waals surface area contributed by atoms with Crippen LogP contribution < -0.4 is 5.73 Å². The minimum atomic E-state index is -4.37. The maximum Gasteiger partial charge on any atom is 0.472 e. The summed E-state index contributed by atoms with van der Waals surface area (Å²) >= 11 is 0. The molecule has 3 N–H and O–H groups in total. The van der Waals surface area contributed by atoms with E-state index in [2.05, 4.69) is 26.0 Å². The number of allylic oxidation sites excluding steroid dienone is 2. The molecular formula is C45H88NO8P. The third-order valence-electron chi connectivity index (χ3n) is 10.2. The summed E-state index contributed by atoms with van der Waals surface area (Å²) in [6.07, 6.45) is 43.8. The molecule has 55 heavy (non-hydrogen) atoms. The Morgan fingerprint density at radius 3 is 1.29 bits per heavy atom. The van der Waals surface area contributed by atoms with Crippen LogP contribution in [0.4, 0.5) is 0 Å². The second-order valence-corrected chi connectivity index (χ2v) is 17.1. The molecule has 0 aromatic carbocycles. The Balaban J connectivity index is 4.08. The van der Waals surface area contributed by atoms with Gasteiger partial charge in [-0.25, -0.2) is 4.57 Å². The van der Waals surface area contributed by atoms with Gasteiger partial charge in [-0.05, 0) is 38.5 Å². The van der Waals surface area contributed by atoms with Crippen LogP contribution in [0.15, 0.2) is 12.2 Å². The standard InChI is InChI=1S/C45H88NO8P/c1-3-5-7-9-11-13-15-17-19-20-21-22-24-26-28-30-32-34-36-38-45(48)54-43(42-53-55(49,50)52-40-39-46)41-51-44(47)37-35-33-31-29-27-25-23-18-16-14-12-10-8-6-4-2/h18,23,43H,3-17,19-22,24-42,46H2,1-2H3,(H,49,50)/b23-18+/t43-/m1/s1. The summed E-state index contributed by atoms with van der Waals surface area (Å²) in [6.45, 7) is 3.76. The van der Waals surface area contributed by atoms with Gasteiger partial charge in [0.05, 0.1) is 13.2 Å². The van der Waals surface area contributed by atoms with E-state index in [4.69, 9.17) is 24.3 Å². The summed E-state index contributed by atoms with van der Waals surface area (Å²) < 4.78 is 32.8. The van der Waals surface area contributed by atoms with Crippen LogP contribution in [0.25, 0.3) is 0 Å². The molecule has 0 aliphatic heterocycles. The Morgan fingerprint density at radius 1 is 0.527 bits per heavy atom. The SMILES string of the molecule is CCCCCCCC/C=C/CCCCCCCC(=O)OC[C@H](COP(=O)(O)OCCN)OC(=O)CCCCCCCCCCCCCCCCCCCCC. The van der Waals surface area contributed by atoms with Crippen molar-refractivity contribution in [2.24, 2.45) is 5.73 Å². The quantitative estimate of drug-likeness (QED) is 0.0267. The lowest BCUT2D eigenvalue weighted by Gasteiger charge is -2.19. The fraction of sp³-hybridized carbons (Fsp3) is 0.911. The van der Waals surface area contributed by atoms with Gasteiger partial charge < -0.3 is 20.1 Å². The first-order valence-corrected chi connectivity index (χ1v) is 24.7. The van der Waals surface area contributed by atoms with Gasteiger partial charge in [-0.2, -0.15) is 0 Å². The molecule has 0 aromatic heterocycles. The van der Waals surface area contributed by atoms with Crippen molar-refractivity contribution in [1.82, 2.24) is 0 Å². The number of ether oxygens (including phenoxy) is 2. The van der Waals surface area contributed by atoms with E-state index in [1.54, 1.807) is 0 Å². The first-order chi connectivity index (χ1) is 26.8. The highest BCUT2D eigenvalue weighted by atomic mass is 31.2. The van der Waals surface area contributed by atoms with Crippen molar-refractivity contribution in [3.63, 3.8) is 0 Å². The molecule has 0 aromatic rings. The molecular weight excluding hydrogens is 713 g/mol. The van der Waals surface area contributed by atoms with Crippen LogP contribution in [0.2, 0.25) is 0 Å². The molecule has 0 saturated heterocycles. The molecule has 0 aliphatic rings. The minimum absolute atomic E-state index is 0.0553. The summed E-state index contributed by atoms with van der Waals surface area (Å²) in [4.78, 5) is 34.9. The summed E-state index contributed by atoms with van der Waals surface area (Å²) in [5.74, 6) is -0.825. The molecule has 0 saturated carbocycles. The van der Waals surface area contributed by atoms with E-state index in [9.17, 15) is 19.0 Å². The monoisotopic (exact) mass is 802 g/mol. The van der Waals surface area contributed by atoms with Gasteiger partial charge in [0.15, 0.2) is 6.10 Å². The number of phosphoric ester groups is 1. The molecule has 0 fully saturated rings. The van der Waals surface area contributed by atoms with Crippen molar-refractivity contribution in [2.45, 2.75) is 238 Å². The zero-order chi connectivity index (χ0) is 40.3. The number of nitrogens with two attached hydrogens (primary N) is 1. The van der Waals surface area contributed by atoms with Crippen LogP contribution in [-0.2, 0) is 32.7 Å². The molecule has 0 radical (unpaired) electrons. The summed E-state index contributed by atoms with van der Waals surface area (Å²) in [5.41, 5.74) is 5.35. The normalized spacial score (nSPS) is 13.3. The molecule has 0 heterocycles. The Bertz CT molecular complexity index is 917. The average Bonchev–Trinajstić information content (AvgIpc) is 3.17. The third-order valence-corrected chi connectivity index (χ3v) is 11.1. The maximum atomic E-state index is 12.6. The minimum Gasteiger partial charge on any atom is -0.462 e. The van der Waals surface area contributed by atoms with E-state index < -0.39 is 26.5 Å². The van der Waals surface area contributed by atoms with Crippen LogP contribution in [0.5, 0.6) is 0 Å². The fourth-order valence-corrected chi connectivity index (χ4v) is 7.45. The number of esters is 2. The number of carbonyl (C=O) groups excluding carboxylic acids is 2. The number of hydrogen-bond acceptors (Lipinski definition) is 8. The largest absolute Gasteiger partial charge is 0.472 e. The van der Waals surface area contributed by atoms with Gasteiger partial charge in [-0.3, -0.25) is 18.6 Å².